The summed E-state index contributed by atoms with van der Waals surface area (Å²) >= 11 is 0. The highest BCUT2D eigenvalue weighted by atomic mass is 19.2. The second kappa shape index (κ2) is 5.48. The Morgan fingerprint density at radius 2 is 1.68 bits per heavy atom. The Bertz CT molecular complexity index is 880. The van der Waals surface area contributed by atoms with Crippen LogP contribution in [0, 0.1) is 17.5 Å². The molecule has 0 spiro atoms. The van der Waals surface area contributed by atoms with Crippen LogP contribution in [0.15, 0.2) is 48.7 Å². The van der Waals surface area contributed by atoms with E-state index >= 15 is 0 Å². The van der Waals surface area contributed by atoms with E-state index in [1.807, 2.05) is 12.1 Å². The van der Waals surface area contributed by atoms with Crippen molar-refractivity contribution in [3.63, 3.8) is 0 Å². The number of carbonyl (C=O) groups is 1. The molecule has 1 amide bonds. The van der Waals surface area contributed by atoms with Crippen LogP contribution < -0.4 is 5.32 Å². The van der Waals surface area contributed by atoms with Crippen LogP contribution in [0.25, 0.3) is 10.8 Å². The average molecular weight is 302 g/mol. The highest BCUT2D eigenvalue weighted by molar-refractivity contribution is 6.04. The number of nitrogens with zero attached hydrogens (tertiary/aromatic N) is 1. The first-order valence-corrected chi connectivity index (χ1v) is 6.36. The number of carbonyl (C=O) groups excluding carboxylic acids is 1. The topological polar surface area (TPSA) is 42.0 Å². The van der Waals surface area contributed by atoms with Crippen LogP contribution in [0.1, 0.15) is 10.5 Å². The first-order chi connectivity index (χ1) is 10.6. The monoisotopic (exact) mass is 302 g/mol. The van der Waals surface area contributed by atoms with Gasteiger partial charge in [-0.05, 0) is 23.6 Å². The third-order valence-corrected chi connectivity index (χ3v) is 3.15. The molecule has 1 aromatic heterocycles. The number of halogens is 3. The predicted octanol–water partition coefficient (Wildman–Crippen LogP) is 3.90. The molecule has 3 nitrogen and oxygen atoms in total. The second-order valence-electron chi connectivity index (χ2n) is 4.59. The Morgan fingerprint density at radius 3 is 2.45 bits per heavy atom. The van der Waals surface area contributed by atoms with Gasteiger partial charge < -0.3 is 5.32 Å². The van der Waals surface area contributed by atoms with Crippen LogP contribution in [0.5, 0.6) is 0 Å². The molecule has 3 aromatic rings. The molecule has 3 rings (SSSR count). The highest BCUT2D eigenvalue weighted by Gasteiger charge is 2.16. The van der Waals surface area contributed by atoms with Crippen LogP contribution >= 0.6 is 0 Å². The summed E-state index contributed by atoms with van der Waals surface area (Å²) in [6, 6.07) is 10.5. The van der Waals surface area contributed by atoms with Crippen LogP contribution in [0.4, 0.5) is 18.9 Å². The van der Waals surface area contributed by atoms with Gasteiger partial charge in [-0.15, -0.1) is 0 Å². The van der Waals surface area contributed by atoms with Gasteiger partial charge in [0.1, 0.15) is 5.69 Å². The Balaban J connectivity index is 1.92. The van der Waals surface area contributed by atoms with E-state index in [4.69, 9.17) is 0 Å². The Morgan fingerprint density at radius 1 is 0.955 bits per heavy atom. The van der Waals surface area contributed by atoms with E-state index in [-0.39, 0.29) is 5.69 Å². The minimum absolute atomic E-state index is 0.0443. The lowest BCUT2D eigenvalue weighted by atomic mass is 10.1. The maximum absolute atomic E-state index is 13.5. The van der Waals surface area contributed by atoms with Crippen molar-refractivity contribution in [3.05, 3.63) is 71.8 Å². The fraction of sp³-hybridized carbons (Fsp3) is 0. The lowest BCUT2D eigenvalue weighted by Gasteiger charge is -2.07. The standard InChI is InChI=1S/C16H9F3N2O/c17-11-5-6-12(15(19)14(11)18)21-16(22)13-7-9-3-1-2-4-10(9)8-20-13/h1-8H,(H,21,22). The van der Waals surface area contributed by atoms with Crippen LogP contribution in [0.2, 0.25) is 0 Å². The van der Waals surface area contributed by atoms with Crippen LogP contribution in [0.3, 0.4) is 0 Å². The number of benzene rings is 2. The number of anilines is 1. The van der Waals surface area contributed by atoms with E-state index < -0.39 is 29.0 Å². The summed E-state index contributed by atoms with van der Waals surface area (Å²) in [5.74, 6) is -5.12. The van der Waals surface area contributed by atoms with E-state index in [0.29, 0.717) is 0 Å². The van der Waals surface area contributed by atoms with Crippen LogP contribution in [-0.4, -0.2) is 10.9 Å². The van der Waals surface area contributed by atoms with Crippen LogP contribution in [-0.2, 0) is 0 Å². The number of fused-ring (bicyclic) bond motifs is 1. The van der Waals surface area contributed by atoms with E-state index in [1.165, 1.54) is 12.3 Å². The lowest BCUT2D eigenvalue weighted by molar-refractivity contribution is 0.102. The number of hydrogen-bond donors (Lipinski definition) is 1. The molecule has 0 radical (unpaired) electrons. The number of pyridine rings is 1. The summed E-state index contributed by atoms with van der Waals surface area (Å²) < 4.78 is 39.5. The van der Waals surface area contributed by atoms with E-state index in [9.17, 15) is 18.0 Å². The van der Waals surface area contributed by atoms with Gasteiger partial charge in [0.25, 0.3) is 5.91 Å². The molecule has 0 atom stereocenters. The molecule has 22 heavy (non-hydrogen) atoms. The smallest absolute Gasteiger partial charge is 0.274 e. The maximum Gasteiger partial charge on any atom is 0.274 e. The molecule has 6 heteroatoms. The van der Waals surface area contributed by atoms with Crippen molar-refractivity contribution in [2.45, 2.75) is 0 Å². The third kappa shape index (κ3) is 2.50. The molecule has 0 saturated carbocycles. The minimum Gasteiger partial charge on any atom is -0.318 e. The van der Waals surface area contributed by atoms with E-state index in [2.05, 4.69) is 10.3 Å². The maximum atomic E-state index is 13.5. The van der Waals surface area contributed by atoms with E-state index in [0.717, 1.165) is 22.9 Å². The van der Waals surface area contributed by atoms with Gasteiger partial charge in [0.2, 0.25) is 0 Å². The summed E-state index contributed by atoms with van der Waals surface area (Å²) in [5, 5.41) is 3.81. The van der Waals surface area contributed by atoms with Crippen molar-refractivity contribution in [3.8, 4) is 0 Å². The molecule has 1 N–H and O–H groups in total. The SMILES string of the molecule is O=C(Nc1ccc(F)c(F)c1F)c1cc2ccccc2cn1. The Labute approximate surface area is 123 Å². The van der Waals surface area contributed by atoms with Gasteiger partial charge in [-0.1, -0.05) is 24.3 Å². The summed E-state index contributed by atoms with van der Waals surface area (Å²) in [7, 11) is 0. The first kappa shape index (κ1) is 14.1. The molecular weight excluding hydrogens is 293 g/mol. The zero-order chi connectivity index (χ0) is 15.7. The van der Waals surface area contributed by atoms with Crippen molar-refractivity contribution >= 4 is 22.4 Å². The number of amides is 1. The number of aromatic nitrogens is 1. The predicted molar refractivity (Wildman–Crippen MR) is 76.0 cm³/mol. The van der Waals surface area contributed by atoms with Gasteiger partial charge in [0.15, 0.2) is 17.5 Å². The molecular formula is C16H9F3N2O. The average Bonchev–Trinajstić information content (AvgIpc) is 2.55. The third-order valence-electron chi connectivity index (χ3n) is 3.15. The van der Waals surface area contributed by atoms with E-state index in [1.54, 1.807) is 12.1 Å². The molecule has 0 bridgehead atoms. The molecule has 110 valence electrons. The second-order valence-corrected chi connectivity index (χ2v) is 4.59. The summed E-state index contributed by atoms with van der Waals surface area (Å²) in [6.45, 7) is 0. The number of hydrogen-bond acceptors (Lipinski definition) is 2. The normalized spacial score (nSPS) is 10.7. The highest BCUT2D eigenvalue weighted by Crippen LogP contribution is 2.20. The summed E-state index contributed by atoms with van der Waals surface area (Å²) in [4.78, 5) is 16.0. The van der Waals surface area contributed by atoms with Gasteiger partial charge in [-0.3, -0.25) is 9.78 Å². The first-order valence-electron chi connectivity index (χ1n) is 6.36. The molecule has 0 fully saturated rings. The fourth-order valence-electron chi connectivity index (χ4n) is 2.02. The van der Waals surface area contributed by atoms with Crippen molar-refractivity contribution < 1.29 is 18.0 Å². The molecule has 0 aliphatic heterocycles. The number of nitrogens with one attached hydrogen (secondary N) is 1. The Hall–Kier alpha value is -2.89. The molecule has 1 heterocycles. The van der Waals surface area contributed by atoms with Crippen molar-refractivity contribution in [1.82, 2.24) is 4.98 Å². The zero-order valence-electron chi connectivity index (χ0n) is 11.1. The summed E-state index contributed by atoms with van der Waals surface area (Å²) in [5.41, 5.74) is -0.401. The molecule has 2 aromatic carbocycles. The Kier molecular flexibility index (Phi) is 3.50. The molecule has 0 unspecified atom stereocenters. The largest absolute Gasteiger partial charge is 0.318 e. The number of rotatable bonds is 2. The van der Waals surface area contributed by atoms with Gasteiger partial charge >= 0.3 is 0 Å². The van der Waals surface area contributed by atoms with Crippen molar-refractivity contribution in [1.29, 1.82) is 0 Å². The summed E-state index contributed by atoms with van der Waals surface area (Å²) in [6.07, 6.45) is 1.51. The van der Waals surface area contributed by atoms with Gasteiger partial charge in [0.05, 0.1) is 5.69 Å². The van der Waals surface area contributed by atoms with Gasteiger partial charge in [-0.2, -0.15) is 0 Å². The fourth-order valence-corrected chi connectivity index (χ4v) is 2.02. The van der Waals surface area contributed by atoms with Gasteiger partial charge in [0, 0.05) is 11.6 Å². The quantitative estimate of drug-likeness (QED) is 0.729. The lowest BCUT2D eigenvalue weighted by Crippen LogP contribution is -2.15. The molecule has 0 aliphatic carbocycles. The minimum atomic E-state index is -1.63. The molecule has 0 saturated heterocycles. The van der Waals surface area contributed by atoms with Crippen molar-refractivity contribution in [2.75, 3.05) is 5.32 Å². The van der Waals surface area contributed by atoms with Gasteiger partial charge in [-0.25, -0.2) is 13.2 Å². The zero-order valence-corrected chi connectivity index (χ0v) is 11.1. The van der Waals surface area contributed by atoms with Crippen molar-refractivity contribution in [2.24, 2.45) is 0 Å². The molecule has 0 aliphatic rings.